The maximum atomic E-state index is 10.9. The average Bonchev–Trinajstić information content (AvgIpc) is 2.70. The molecular weight excluding hydrogens is 250 g/mol. The number of aliphatic carboxylic acids is 1. The van der Waals surface area contributed by atoms with Crippen molar-refractivity contribution in [3.8, 4) is 0 Å². The molecule has 2 aromatic heterocycles. The SMILES string of the molecule is CCCN(CC(=O)O)c1ncnc2scc(C)c12. The number of rotatable bonds is 5. The normalized spacial score (nSPS) is 10.8. The van der Waals surface area contributed by atoms with Crippen LogP contribution >= 0.6 is 11.3 Å². The highest BCUT2D eigenvalue weighted by Crippen LogP contribution is 2.30. The summed E-state index contributed by atoms with van der Waals surface area (Å²) < 4.78 is 0. The maximum absolute atomic E-state index is 10.9. The van der Waals surface area contributed by atoms with Crippen LogP contribution in [0.4, 0.5) is 5.82 Å². The van der Waals surface area contributed by atoms with Crippen molar-refractivity contribution >= 4 is 33.3 Å². The number of hydrogen-bond acceptors (Lipinski definition) is 5. The van der Waals surface area contributed by atoms with Gasteiger partial charge in [0, 0.05) is 6.54 Å². The largest absolute Gasteiger partial charge is 0.480 e. The van der Waals surface area contributed by atoms with Gasteiger partial charge in [0.25, 0.3) is 0 Å². The lowest BCUT2D eigenvalue weighted by Crippen LogP contribution is -2.31. The number of carbonyl (C=O) groups is 1. The third-order valence-electron chi connectivity index (χ3n) is 2.65. The van der Waals surface area contributed by atoms with Gasteiger partial charge < -0.3 is 10.0 Å². The second kappa shape index (κ2) is 5.30. The van der Waals surface area contributed by atoms with Crippen LogP contribution in [-0.2, 0) is 4.79 Å². The maximum Gasteiger partial charge on any atom is 0.323 e. The van der Waals surface area contributed by atoms with E-state index in [2.05, 4.69) is 9.97 Å². The molecule has 0 unspecified atom stereocenters. The molecule has 2 heterocycles. The molecule has 0 fully saturated rings. The van der Waals surface area contributed by atoms with E-state index < -0.39 is 5.97 Å². The van der Waals surface area contributed by atoms with E-state index in [4.69, 9.17) is 5.11 Å². The summed E-state index contributed by atoms with van der Waals surface area (Å²) in [6.45, 7) is 4.66. The number of thiophene rings is 1. The van der Waals surface area contributed by atoms with Crippen LogP contribution < -0.4 is 4.90 Å². The van der Waals surface area contributed by atoms with Crippen molar-refractivity contribution in [2.24, 2.45) is 0 Å². The first kappa shape index (κ1) is 12.8. The number of aromatic nitrogens is 2. The van der Waals surface area contributed by atoms with Gasteiger partial charge in [-0.05, 0) is 24.3 Å². The molecule has 0 aliphatic rings. The number of nitrogens with zero attached hydrogens (tertiary/aromatic N) is 3. The minimum Gasteiger partial charge on any atom is -0.480 e. The first-order valence-electron chi connectivity index (χ1n) is 5.79. The van der Waals surface area contributed by atoms with Crippen LogP contribution in [0.25, 0.3) is 10.2 Å². The summed E-state index contributed by atoms with van der Waals surface area (Å²) in [6, 6.07) is 0. The number of carboxylic acid groups (broad SMARTS) is 1. The fourth-order valence-corrected chi connectivity index (χ4v) is 2.82. The minimum absolute atomic E-state index is 0.0325. The Balaban J connectivity index is 2.48. The summed E-state index contributed by atoms with van der Waals surface area (Å²) in [5.74, 6) is -0.119. The van der Waals surface area contributed by atoms with Crippen molar-refractivity contribution in [3.63, 3.8) is 0 Å². The molecule has 0 radical (unpaired) electrons. The third kappa shape index (κ3) is 2.43. The predicted octanol–water partition coefficient (Wildman–Crippen LogP) is 2.30. The van der Waals surface area contributed by atoms with Crippen molar-refractivity contribution < 1.29 is 9.90 Å². The first-order chi connectivity index (χ1) is 8.63. The Labute approximate surface area is 109 Å². The van der Waals surface area contributed by atoms with E-state index in [1.165, 1.54) is 6.33 Å². The lowest BCUT2D eigenvalue weighted by Gasteiger charge is -2.21. The summed E-state index contributed by atoms with van der Waals surface area (Å²) in [4.78, 5) is 22.1. The highest BCUT2D eigenvalue weighted by Gasteiger charge is 2.16. The summed E-state index contributed by atoms with van der Waals surface area (Å²) in [5.41, 5.74) is 1.09. The zero-order valence-electron chi connectivity index (χ0n) is 10.4. The van der Waals surface area contributed by atoms with Gasteiger partial charge >= 0.3 is 5.97 Å². The van der Waals surface area contributed by atoms with Gasteiger partial charge in [-0.2, -0.15) is 0 Å². The predicted molar refractivity (Wildman–Crippen MR) is 72.3 cm³/mol. The van der Waals surface area contributed by atoms with E-state index in [-0.39, 0.29) is 6.54 Å². The molecule has 0 spiro atoms. The molecular formula is C12H15N3O2S. The molecule has 0 aliphatic heterocycles. The first-order valence-corrected chi connectivity index (χ1v) is 6.67. The number of hydrogen-bond donors (Lipinski definition) is 1. The van der Waals surface area contributed by atoms with Crippen LogP contribution in [0, 0.1) is 6.92 Å². The zero-order chi connectivity index (χ0) is 13.1. The molecule has 5 nitrogen and oxygen atoms in total. The molecule has 0 aromatic carbocycles. The molecule has 18 heavy (non-hydrogen) atoms. The smallest absolute Gasteiger partial charge is 0.323 e. The van der Waals surface area contributed by atoms with Gasteiger partial charge in [0.1, 0.15) is 23.5 Å². The van der Waals surface area contributed by atoms with Crippen molar-refractivity contribution in [1.82, 2.24) is 9.97 Å². The standard InChI is InChI=1S/C12H15N3O2S/c1-3-4-15(5-9(16)17)11-10-8(2)6-18-12(10)14-7-13-11/h6-7H,3-5H2,1-2H3,(H,16,17). The number of fused-ring (bicyclic) bond motifs is 1. The second-order valence-electron chi connectivity index (χ2n) is 4.11. The summed E-state index contributed by atoms with van der Waals surface area (Å²) >= 11 is 1.56. The van der Waals surface area contributed by atoms with Gasteiger partial charge in [-0.3, -0.25) is 4.79 Å². The van der Waals surface area contributed by atoms with Crippen molar-refractivity contribution in [3.05, 3.63) is 17.3 Å². The van der Waals surface area contributed by atoms with Crippen molar-refractivity contribution in [2.75, 3.05) is 18.0 Å². The van der Waals surface area contributed by atoms with Crippen LogP contribution in [0.3, 0.4) is 0 Å². The van der Waals surface area contributed by atoms with Crippen molar-refractivity contribution in [1.29, 1.82) is 0 Å². The van der Waals surface area contributed by atoms with E-state index in [1.807, 2.05) is 19.2 Å². The molecule has 2 aromatic rings. The van der Waals surface area contributed by atoms with E-state index >= 15 is 0 Å². The number of aryl methyl sites for hydroxylation is 1. The fraction of sp³-hybridized carbons (Fsp3) is 0.417. The highest BCUT2D eigenvalue weighted by atomic mass is 32.1. The summed E-state index contributed by atoms with van der Waals surface area (Å²) in [7, 11) is 0. The molecule has 2 rings (SSSR count). The van der Waals surface area contributed by atoms with Crippen LogP contribution in [0.1, 0.15) is 18.9 Å². The van der Waals surface area contributed by atoms with E-state index in [0.717, 1.165) is 28.0 Å². The monoisotopic (exact) mass is 265 g/mol. The molecule has 96 valence electrons. The Morgan fingerprint density at radius 2 is 2.28 bits per heavy atom. The molecule has 1 N–H and O–H groups in total. The Bertz CT molecular complexity index is 567. The van der Waals surface area contributed by atoms with Crippen LogP contribution in [0.15, 0.2) is 11.7 Å². The average molecular weight is 265 g/mol. The number of carboxylic acids is 1. The molecule has 0 saturated heterocycles. The Hall–Kier alpha value is -1.69. The Morgan fingerprint density at radius 3 is 2.94 bits per heavy atom. The number of anilines is 1. The Kier molecular flexibility index (Phi) is 3.76. The van der Waals surface area contributed by atoms with Gasteiger partial charge in [0.15, 0.2) is 0 Å². The fourth-order valence-electron chi connectivity index (χ4n) is 1.93. The molecule has 0 saturated carbocycles. The highest BCUT2D eigenvalue weighted by molar-refractivity contribution is 7.17. The summed E-state index contributed by atoms with van der Waals surface area (Å²) in [6.07, 6.45) is 2.38. The van der Waals surface area contributed by atoms with Crippen LogP contribution in [0.2, 0.25) is 0 Å². The van der Waals surface area contributed by atoms with Gasteiger partial charge in [-0.15, -0.1) is 11.3 Å². The van der Waals surface area contributed by atoms with Gasteiger partial charge in [0.05, 0.1) is 5.39 Å². The van der Waals surface area contributed by atoms with Gasteiger partial charge in [-0.1, -0.05) is 6.92 Å². The van der Waals surface area contributed by atoms with Crippen LogP contribution in [-0.4, -0.2) is 34.1 Å². The zero-order valence-corrected chi connectivity index (χ0v) is 11.2. The molecule has 0 atom stereocenters. The van der Waals surface area contributed by atoms with E-state index in [1.54, 1.807) is 16.2 Å². The topological polar surface area (TPSA) is 66.3 Å². The molecule has 0 aliphatic carbocycles. The molecule has 0 amide bonds. The second-order valence-corrected chi connectivity index (χ2v) is 4.97. The minimum atomic E-state index is -0.844. The Morgan fingerprint density at radius 1 is 1.50 bits per heavy atom. The van der Waals surface area contributed by atoms with Crippen molar-refractivity contribution in [2.45, 2.75) is 20.3 Å². The lowest BCUT2D eigenvalue weighted by atomic mass is 10.2. The quantitative estimate of drug-likeness (QED) is 0.898. The lowest BCUT2D eigenvalue weighted by molar-refractivity contribution is -0.135. The van der Waals surface area contributed by atoms with Gasteiger partial charge in [-0.25, -0.2) is 9.97 Å². The third-order valence-corrected chi connectivity index (χ3v) is 3.66. The van der Waals surface area contributed by atoms with E-state index in [9.17, 15) is 4.79 Å². The van der Waals surface area contributed by atoms with Crippen LogP contribution in [0.5, 0.6) is 0 Å². The summed E-state index contributed by atoms with van der Waals surface area (Å²) in [5, 5.41) is 12.0. The molecule has 0 bridgehead atoms. The molecule has 6 heteroatoms. The van der Waals surface area contributed by atoms with E-state index in [0.29, 0.717) is 6.54 Å². The van der Waals surface area contributed by atoms with Gasteiger partial charge in [0.2, 0.25) is 0 Å².